The third kappa shape index (κ3) is 3.64. The van der Waals surface area contributed by atoms with Crippen molar-refractivity contribution in [3.63, 3.8) is 0 Å². The first-order valence-corrected chi connectivity index (χ1v) is 5.20. The van der Waals surface area contributed by atoms with Gasteiger partial charge in [-0.25, -0.2) is 0 Å². The number of carbonyl (C=O) groups is 1. The first-order valence-electron chi connectivity index (χ1n) is 5.20. The summed E-state index contributed by atoms with van der Waals surface area (Å²) in [6.07, 6.45) is 2.90. The molecule has 1 aliphatic heterocycles. The maximum absolute atomic E-state index is 11.5. The molecule has 0 aromatic rings. The van der Waals surface area contributed by atoms with Gasteiger partial charge in [0.25, 0.3) is 0 Å². The summed E-state index contributed by atoms with van der Waals surface area (Å²) in [5, 5.41) is 3.37. The van der Waals surface area contributed by atoms with Crippen LogP contribution < -0.4 is 5.32 Å². The largest absolute Gasteiger partial charge is 0.384 e. The highest BCUT2D eigenvalue weighted by atomic mass is 16.5. The average Bonchev–Trinajstić information content (AvgIpc) is 2.66. The van der Waals surface area contributed by atoms with E-state index in [1.54, 1.807) is 12.0 Å². The molecule has 4 nitrogen and oxygen atoms in total. The van der Waals surface area contributed by atoms with Crippen molar-refractivity contribution in [1.82, 2.24) is 10.2 Å². The number of hydrogen-bond donors (Lipinski definition) is 1. The maximum atomic E-state index is 11.5. The molecule has 1 saturated heterocycles. The van der Waals surface area contributed by atoms with Crippen molar-refractivity contribution in [1.29, 1.82) is 0 Å². The fraction of sp³-hybridized carbons (Fsp3) is 0.900. The number of nitrogens with zero attached hydrogens (tertiary/aromatic N) is 1. The minimum Gasteiger partial charge on any atom is -0.384 e. The van der Waals surface area contributed by atoms with Crippen molar-refractivity contribution < 1.29 is 9.53 Å². The smallest absolute Gasteiger partial charge is 0.224 e. The molecule has 1 aliphatic rings. The maximum Gasteiger partial charge on any atom is 0.224 e. The number of hydrogen-bond acceptors (Lipinski definition) is 3. The van der Waals surface area contributed by atoms with Crippen LogP contribution in [0.3, 0.4) is 0 Å². The summed E-state index contributed by atoms with van der Waals surface area (Å²) >= 11 is 0. The van der Waals surface area contributed by atoms with Crippen molar-refractivity contribution >= 4 is 5.91 Å². The Balaban J connectivity index is 2.18. The van der Waals surface area contributed by atoms with E-state index in [1.807, 2.05) is 7.05 Å². The molecule has 0 spiro atoms. The average molecular weight is 200 g/mol. The fourth-order valence-electron chi connectivity index (χ4n) is 1.73. The van der Waals surface area contributed by atoms with E-state index in [9.17, 15) is 4.79 Å². The van der Waals surface area contributed by atoms with Gasteiger partial charge in [0.05, 0.1) is 13.0 Å². The van der Waals surface area contributed by atoms with Gasteiger partial charge >= 0.3 is 0 Å². The molecule has 1 heterocycles. The van der Waals surface area contributed by atoms with Crippen LogP contribution >= 0.6 is 0 Å². The predicted molar refractivity (Wildman–Crippen MR) is 55.2 cm³/mol. The lowest BCUT2D eigenvalue weighted by atomic mass is 10.2. The molecule has 14 heavy (non-hydrogen) atoms. The van der Waals surface area contributed by atoms with Crippen LogP contribution in [0, 0.1) is 0 Å². The first kappa shape index (κ1) is 11.5. The molecule has 1 amide bonds. The molecule has 1 N–H and O–H groups in total. The second kappa shape index (κ2) is 5.98. The molecule has 0 aromatic carbocycles. The Kier molecular flexibility index (Phi) is 4.90. The van der Waals surface area contributed by atoms with Crippen molar-refractivity contribution in [2.24, 2.45) is 0 Å². The summed E-state index contributed by atoms with van der Waals surface area (Å²) in [6.45, 7) is 2.43. The number of ether oxygens (including phenoxy) is 1. The van der Waals surface area contributed by atoms with E-state index in [2.05, 4.69) is 5.32 Å². The second-order valence-electron chi connectivity index (χ2n) is 3.81. The van der Waals surface area contributed by atoms with E-state index in [4.69, 9.17) is 4.74 Å². The van der Waals surface area contributed by atoms with Gasteiger partial charge in [-0.2, -0.15) is 0 Å². The van der Waals surface area contributed by atoms with Crippen molar-refractivity contribution in [3.05, 3.63) is 0 Å². The lowest BCUT2D eigenvalue weighted by Crippen LogP contribution is -2.38. The third-order valence-electron chi connectivity index (χ3n) is 2.60. The quantitative estimate of drug-likeness (QED) is 0.691. The highest BCUT2D eigenvalue weighted by Crippen LogP contribution is 2.06. The van der Waals surface area contributed by atoms with Gasteiger partial charge in [-0.05, 0) is 19.4 Å². The zero-order valence-electron chi connectivity index (χ0n) is 9.08. The minimum atomic E-state index is 0.167. The molecule has 4 heteroatoms. The summed E-state index contributed by atoms with van der Waals surface area (Å²) in [7, 11) is 3.48. The topological polar surface area (TPSA) is 41.6 Å². The van der Waals surface area contributed by atoms with E-state index in [0.717, 1.165) is 13.1 Å². The van der Waals surface area contributed by atoms with Gasteiger partial charge < -0.3 is 15.0 Å². The van der Waals surface area contributed by atoms with E-state index in [1.165, 1.54) is 12.8 Å². The molecule has 0 radical (unpaired) electrons. The van der Waals surface area contributed by atoms with E-state index < -0.39 is 0 Å². The van der Waals surface area contributed by atoms with Crippen LogP contribution in [0.4, 0.5) is 0 Å². The minimum absolute atomic E-state index is 0.167. The monoisotopic (exact) mass is 200 g/mol. The standard InChI is InChI=1S/C10H20N2O2/c1-12(10(13)5-7-14-2)8-9-4-3-6-11-9/h9,11H,3-8H2,1-2H3. The van der Waals surface area contributed by atoms with Gasteiger partial charge in [0.1, 0.15) is 0 Å². The zero-order chi connectivity index (χ0) is 10.4. The lowest BCUT2D eigenvalue weighted by molar-refractivity contribution is -0.131. The van der Waals surface area contributed by atoms with Crippen molar-refractivity contribution in [2.75, 3.05) is 33.9 Å². The number of amides is 1. The van der Waals surface area contributed by atoms with Gasteiger partial charge in [-0.1, -0.05) is 0 Å². The highest BCUT2D eigenvalue weighted by Gasteiger charge is 2.18. The van der Waals surface area contributed by atoms with Gasteiger partial charge in [0.2, 0.25) is 5.91 Å². The lowest BCUT2D eigenvalue weighted by Gasteiger charge is -2.21. The van der Waals surface area contributed by atoms with E-state index in [-0.39, 0.29) is 5.91 Å². The SMILES string of the molecule is COCCC(=O)N(C)CC1CCCN1. The van der Waals surface area contributed by atoms with Crippen LogP contribution in [-0.2, 0) is 9.53 Å². The zero-order valence-corrected chi connectivity index (χ0v) is 9.08. The molecule has 1 fully saturated rings. The Morgan fingerprint density at radius 2 is 2.43 bits per heavy atom. The first-order chi connectivity index (χ1) is 6.74. The Morgan fingerprint density at radius 1 is 1.64 bits per heavy atom. The van der Waals surface area contributed by atoms with Gasteiger partial charge in [0, 0.05) is 26.7 Å². The molecule has 1 unspecified atom stereocenters. The van der Waals surface area contributed by atoms with E-state index >= 15 is 0 Å². The molecule has 0 bridgehead atoms. The molecule has 0 aromatic heterocycles. The fourth-order valence-corrected chi connectivity index (χ4v) is 1.73. The predicted octanol–water partition coefficient (Wildman–Crippen LogP) is 0.233. The van der Waals surface area contributed by atoms with Crippen molar-refractivity contribution in [3.8, 4) is 0 Å². The molecule has 82 valence electrons. The van der Waals surface area contributed by atoms with Crippen molar-refractivity contribution in [2.45, 2.75) is 25.3 Å². The number of carbonyl (C=O) groups excluding carboxylic acids is 1. The van der Waals surface area contributed by atoms with Crippen LogP contribution in [0.15, 0.2) is 0 Å². The molecule has 0 aliphatic carbocycles. The molecular formula is C10H20N2O2. The van der Waals surface area contributed by atoms with Crippen LogP contribution in [0.2, 0.25) is 0 Å². The molecular weight excluding hydrogens is 180 g/mol. The van der Waals surface area contributed by atoms with Crippen LogP contribution in [0.1, 0.15) is 19.3 Å². The number of likely N-dealkylation sites (N-methyl/N-ethyl adjacent to an activating group) is 1. The summed E-state index contributed by atoms with van der Waals surface area (Å²) in [5.74, 6) is 0.167. The molecule has 0 saturated carbocycles. The Hall–Kier alpha value is -0.610. The van der Waals surface area contributed by atoms with Gasteiger partial charge in [-0.15, -0.1) is 0 Å². The number of nitrogens with one attached hydrogen (secondary N) is 1. The Morgan fingerprint density at radius 3 is 3.00 bits per heavy atom. The Labute approximate surface area is 85.6 Å². The summed E-state index contributed by atoms with van der Waals surface area (Å²) in [4.78, 5) is 13.3. The number of methoxy groups -OCH3 is 1. The van der Waals surface area contributed by atoms with Crippen LogP contribution in [0.5, 0.6) is 0 Å². The van der Waals surface area contributed by atoms with Crippen LogP contribution in [-0.4, -0.2) is 50.7 Å². The van der Waals surface area contributed by atoms with Gasteiger partial charge in [-0.3, -0.25) is 4.79 Å². The number of rotatable bonds is 5. The summed E-state index contributed by atoms with van der Waals surface area (Å²) in [5.41, 5.74) is 0. The molecule has 1 atom stereocenters. The second-order valence-corrected chi connectivity index (χ2v) is 3.81. The summed E-state index contributed by atoms with van der Waals surface area (Å²) < 4.78 is 4.87. The normalized spacial score (nSPS) is 21.1. The van der Waals surface area contributed by atoms with E-state index in [0.29, 0.717) is 19.1 Å². The summed E-state index contributed by atoms with van der Waals surface area (Å²) in [6, 6.07) is 0.492. The van der Waals surface area contributed by atoms with Gasteiger partial charge in [0.15, 0.2) is 0 Å². The third-order valence-corrected chi connectivity index (χ3v) is 2.60. The van der Waals surface area contributed by atoms with Crippen LogP contribution in [0.25, 0.3) is 0 Å². The Bertz CT molecular complexity index is 179. The molecule has 1 rings (SSSR count). The highest BCUT2D eigenvalue weighted by molar-refractivity contribution is 5.75.